The van der Waals surface area contributed by atoms with Gasteiger partial charge in [0.15, 0.2) is 11.4 Å². The van der Waals surface area contributed by atoms with E-state index >= 15 is 0 Å². The first kappa shape index (κ1) is 29.4. The Hall–Kier alpha value is -3.70. The molecule has 4 atom stereocenters. The third-order valence-electron chi connectivity index (χ3n) is 9.43. The van der Waals surface area contributed by atoms with Gasteiger partial charge in [0.05, 0.1) is 11.6 Å². The van der Waals surface area contributed by atoms with E-state index in [1.807, 2.05) is 19.1 Å². The van der Waals surface area contributed by atoms with Crippen LogP contribution in [0.5, 0.6) is 5.75 Å². The first-order chi connectivity index (χ1) is 20.5. The maximum Gasteiger partial charge on any atom is 0.255 e. The Balaban J connectivity index is 1.40. The van der Waals surface area contributed by atoms with Gasteiger partial charge in [-0.2, -0.15) is 0 Å². The van der Waals surface area contributed by atoms with Crippen LogP contribution in [0.1, 0.15) is 47.6 Å². The number of nitrogens with one attached hydrogen (secondary N) is 1. The smallest absolute Gasteiger partial charge is 0.255 e. The second-order valence-electron chi connectivity index (χ2n) is 11.9. The molecule has 6 rings (SSSR count). The van der Waals surface area contributed by atoms with E-state index in [0.29, 0.717) is 35.7 Å². The number of aliphatic hydroxyl groups is 3. The number of primary amides is 1. The number of fused-ring (bicyclic) bond motifs is 4. The van der Waals surface area contributed by atoms with Crippen molar-refractivity contribution in [3.05, 3.63) is 80.1 Å². The zero-order chi connectivity index (χ0) is 30.8. The van der Waals surface area contributed by atoms with Crippen molar-refractivity contribution >= 4 is 34.8 Å². The van der Waals surface area contributed by atoms with Crippen LogP contribution in [-0.4, -0.2) is 67.5 Å². The van der Waals surface area contributed by atoms with Crippen LogP contribution in [0.15, 0.2) is 47.2 Å². The average molecular weight is 608 g/mol. The van der Waals surface area contributed by atoms with Gasteiger partial charge in [0.2, 0.25) is 5.78 Å². The van der Waals surface area contributed by atoms with E-state index in [2.05, 4.69) is 22.3 Å². The Bertz CT molecular complexity index is 1630. The van der Waals surface area contributed by atoms with E-state index in [4.69, 9.17) is 17.3 Å². The molecule has 3 aliphatic carbocycles. The van der Waals surface area contributed by atoms with Crippen molar-refractivity contribution in [3.8, 4) is 5.75 Å². The fourth-order valence-corrected chi connectivity index (χ4v) is 7.65. The number of nitrogens with zero attached hydrogens (tertiary/aromatic N) is 1. The summed E-state index contributed by atoms with van der Waals surface area (Å²) in [6, 6.07) is 8.56. The molecule has 0 unspecified atom stereocenters. The molecule has 43 heavy (non-hydrogen) atoms. The topological polar surface area (TPSA) is 173 Å². The minimum Gasteiger partial charge on any atom is -0.508 e. The van der Waals surface area contributed by atoms with Crippen molar-refractivity contribution in [2.45, 2.75) is 57.3 Å². The minimum absolute atomic E-state index is 0.00846. The van der Waals surface area contributed by atoms with Gasteiger partial charge in [-0.15, -0.1) is 0 Å². The molecular weight excluding hydrogens is 574 g/mol. The Kier molecular flexibility index (Phi) is 7.37. The summed E-state index contributed by atoms with van der Waals surface area (Å²) >= 11 is 6.94. The number of Topliss-reactive ketones (excluding diaryl/α,β-unsaturated/α-hetero) is 2. The Labute approximate surface area is 253 Å². The molecule has 4 aliphatic rings. The summed E-state index contributed by atoms with van der Waals surface area (Å²) in [4.78, 5) is 41.7. The highest BCUT2D eigenvalue weighted by molar-refractivity contribution is 6.32. The number of aliphatic hydroxyl groups excluding tert-OH is 2. The number of amides is 1. The SMILES string of the molecule is CCCN[C@@H]1C(=O)C(C(N)=O)=C(O)[C@@]2(O)C(=O)C3=C(O)c4c(O)cc(CN5CCc6ccccc6C5)c(Cl)c4C[C@H]3C[C@@H]12. The highest BCUT2D eigenvalue weighted by Crippen LogP contribution is 2.53. The number of phenolic OH excluding ortho intramolecular Hbond substituents is 1. The number of hydrogen-bond donors (Lipinski definition) is 6. The number of carbonyl (C=O) groups excluding carboxylic acids is 3. The van der Waals surface area contributed by atoms with Gasteiger partial charge in [-0.1, -0.05) is 42.8 Å². The summed E-state index contributed by atoms with van der Waals surface area (Å²) in [6.07, 6.45) is 1.66. The first-order valence-electron chi connectivity index (χ1n) is 14.5. The van der Waals surface area contributed by atoms with Crippen LogP contribution in [0.4, 0.5) is 0 Å². The van der Waals surface area contributed by atoms with Crippen molar-refractivity contribution in [1.29, 1.82) is 0 Å². The van der Waals surface area contributed by atoms with E-state index in [-0.39, 0.29) is 29.7 Å². The number of benzene rings is 2. The van der Waals surface area contributed by atoms with Gasteiger partial charge in [0.25, 0.3) is 5.91 Å². The van der Waals surface area contributed by atoms with Crippen LogP contribution in [0.25, 0.3) is 5.76 Å². The third-order valence-corrected chi connectivity index (χ3v) is 9.90. The van der Waals surface area contributed by atoms with Gasteiger partial charge in [0, 0.05) is 36.1 Å². The van der Waals surface area contributed by atoms with Crippen LogP contribution in [-0.2, 0) is 40.3 Å². The normalized spacial score (nSPS) is 27.0. The lowest BCUT2D eigenvalue weighted by molar-refractivity contribution is -0.150. The zero-order valence-electron chi connectivity index (χ0n) is 23.7. The predicted octanol–water partition coefficient (Wildman–Crippen LogP) is 2.61. The standard InChI is InChI=1S/C32H34ClN3O7/c1-2-8-35-26-20-11-17-10-19-23(27(38)22(17)29(40)32(20,43)30(41)24(28(26)39)31(34)42)21(37)12-18(25(19)33)14-36-9-7-15-5-3-4-6-16(15)13-36/h3-6,12,17,20,26,35,37-38,41,43H,2,7-11,13-14H2,1H3,(H2,34,42)/t17-,20-,26-,32-/m0/s1. The molecule has 7 N–H and O–H groups in total. The molecule has 1 saturated carbocycles. The Morgan fingerprint density at radius 3 is 2.60 bits per heavy atom. The molecule has 1 amide bonds. The maximum absolute atomic E-state index is 14.0. The number of aromatic hydroxyl groups is 1. The highest BCUT2D eigenvalue weighted by atomic mass is 35.5. The minimum atomic E-state index is -2.68. The lowest BCUT2D eigenvalue weighted by atomic mass is 9.57. The molecule has 0 spiro atoms. The lowest BCUT2D eigenvalue weighted by Crippen LogP contribution is -2.66. The molecule has 0 aromatic heterocycles. The van der Waals surface area contributed by atoms with Gasteiger partial charge >= 0.3 is 0 Å². The van der Waals surface area contributed by atoms with Gasteiger partial charge in [-0.25, -0.2) is 0 Å². The van der Waals surface area contributed by atoms with Crippen LogP contribution in [0, 0.1) is 11.8 Å². The van der Waals surface area contributed by atoms with Crippen molar-refractivity contribution in [3.63, 3.8) is 0 Å². The van der Waals surface area contributed by atoms with E-state index in [0.717, 1.165) is 19.5 Å². The van der Waals surface area contributed by atoms with Gasteiger partial charge < -0.3 is 31.5 Å². The second-order valence-corrected chi connectivity index (χ2v) is 12.3. The van der Waals surface area contributed by atoms with E-state index in [1.165, 1.54) is 17.2 Å². The van der Waals surface area contributed by atoms with Crippen molar-refractivity contribution in [1.82, 2.24) is 10.2 Å². The van der Waals surface area contributed by atoms with Crippen LogP contribution < -0.4 is 11.1 Å². The molecule has 1 heterocycles. The molecule has 1 aliphatic heterocycles. The molecule has 0 radical (unpaired) electrons. The Morgan fingerprint density at radius 2 is 1.91 bits per heavy atom. The Morgan fingerprint density at radius 1 is 1.19 bits per heavy atom. The molecule has 226 valence electrons. The maximum atomic E-state index is 14.0. The quantitative estimate of drug-likeness (QED) is 0.270. The number of phenols is 1. The fourth-order valence-electron chi connectivity index (χ4n) is 7.36. The third kappa shape index (κ3) is 4.47. The molecular formula is C32H34ClN3O7. The fraction of sp³-hybridized carbons (Fsp3) is 0.406. The molecule has 0 bridgehead atoms. The number of rotatable bonds is 6. The van der Waals surface area contributed by atoms with Crippen LogP contribution in [0.3, 0.4) is 0 Å². The zero-order valence-corrected chi connectivity index (χ0v) is 24.4. The highest BCUT2D eigenvalue weighted by Gasteiger charge is 2.63. The van der Waals surface area contributed by atoms with Crippen molar-refractivity contribution in [2.75, 3.05) is 13.1 Å². The summed E-state index contributed by atoms with van der Waals surface area (Å²) in [5.74, 6) is -6.87. The molecule has 2 aromatic carbocycles. The monoisotopic (exact) mass is 607 g/mol. The summed E-state index contributed by atoms with van der Waals surface area (Å²) < 4.78 is 0. The first-order valence-corrected chi connectivity index (χ1v) is 14.9. The summed E-state index contributed by atoms with van der Waals surface area (Å²) in [5.41, 5.74) is 5.35. The average Bonchev–Trinajstić information content (AvgIpc) is 2.97. The van der Waals surface area contributed by atoms with Crippen molar-refractivity contribution in [2.24, 2.45) is 17.6 Å². The van der Waals surface area contributed by atoms with Crippen molar-refractivity contribution < 1.29 is 34.8 Å². The number of halogens is 1. The van der Waals surface area contributed by atoms with Gasteiger partial charge in [-0.05, 0) is 66.5 Å². The van der Waals surface area contributed by atoms with Gasteiger partial charge in [-0.3, -0.25) is 19.3 Å². The van der Waals surface area contributed by atoms with Crippen LogP contribution >= 0.6 is 11.6 Å². The number of carbonyl (C=O) groups is 3. The predicted molar refractivity (Wildman–Crippen MR) is 158 cm³/mol. The lowest BCUT2D eigenvalue weighted by Gasteiger charge is -2.49. The number of nitrogens with two attached hydrogens (primary N) is 1. The number of hydrogen-bond acceptors (Lipinski definition) is 9. The summed E-state index contributed by atoms with van der Waals surface area (Å²) in [7, 11) is 0. The molecule has 10 nitrogen and oxygen atoms in total. The number of ketones is 2. The van der Waals surface area contributed by atoms with Crippen LogP contribution in [0.2, 0.25) is 5.02 Å². The van der Waals surface area contributed by atoms with E-state index in [9.17, 15) is 34.8 Å². The molecule has 11 heteroatoms. The molecule has 2 aromatic rings. The summed E-state index contributed by atoms with van der Waals surface area (Å²) in [5, 5.41) is 48.7. The van der Waals surface area contributed by atoms with Gasteiger partial charge in [0.1, 0.15) is 22.8 Å². The molecule has 0 saturated heterocycles. The second kappa shape index (κ2) is 10.8. The summed E-state index contributed by atoms with van der Waals surface area (Å²) in [6.45, 7) is 4.20. The van der Waals surface area contributed by atoms with E-state index < -0.39 is 58.0 Å². The molecule has 1 fully saturated rings. The van der Waals surface area contributed by atoms with E-state index in [1.54, 1.807) is 0 Å². The largest absolute Gasteiger partial charge is 0.508 e.